The summed E-state index contributed by atoms with van der Waals surface area (Å²) >= 11 is 0. The van der Waals surface area contributed by atoms with Crippen molar-refractivity contribution in [2.75, 3.05) is 11.9 Å². The maximum absolute atomic E-state index is 12.6. The molecule has 5 nitrogen and oxygen atoms in total. The van der Waals surface area contributed by atoms with Gasteiger partial charge >= 0.3 is 24.3 Å². The van der Waals surface area contributed by atoms with E-state index in [1.165, 1.54) is 19.1 Å². The molecule has 0 aliphatic rings. The maximum Gasteiger partial charge on any atom is 0.336 e. The molecule has 0 radical (unpaired) electrons. The molecule has 3 N–H and O–H groups in total. The van der Waals surface area contributed by atoms with E-state index in [4.69, 9.17) is 5.11 Å². The smallest absolute Gasteiger partial charge is 0.336 e. The molecular formula is C12H12F4N2O3. The van der Waals surface area contributed by atoms with Crippen LogP contribution in [-0.2, 0) is 0 Å². The molecule has 0 aliphatic carbocycles. The molecule has 0 aliphatic heterocycles. The van der Waals surface area contributed by atoms with Gasteiger partial charge in [0.15, 0.2) is 0 Å². The predicted molar refractivity (Wildman–Crippen MR) is 66.1 cm³/mol. The zero-order valence-electron chi connectivity index (χ0n) is 10.8. The maximum atomic E-state index is 12.6. The predicted octanol–water partition coefficient (Wildman–Crippen LogP) is 2.72. The van der Waals surface area contributed by atoms with E-state index >= 15 is 0 Å². The number of carbonyl (C=O) groups is 2. The van der Waals surface area contributed by atoms with Gasteiger partial charge in [0.1, 0.15) is 0 Å². The Hall–Kier alpha value is -2.32. The molecule has 0 saturated heterocycles. The lowest BCUT2D eigenvalue weighted by Crippen LogP contribution is -2.42. The number of halogens is 4. The van der Waals surface area contributed by atoms with E-state index in [1.54, 1.807) is 5.32 Å². The highest BCUT2D eigenvalue weighted by Gasteiger charge is 2.40. The Labute approximate surface area is 117 Å². The summed E-state index contributed by atoms with van der Waals surface area (Å²) in [5.74, 6) is -5.56. The van der Waals surface area contributed by atoms with Gasteiger partial charge in [0.05, 0.1) is 12.1 Å². The Bertz CT molecular complexity index is 549. The van der Waals surface area contributed by atoms with Crippen LogP contribution in [0, 0.1) is 6.92 Å². The Morgan fingerprint density at radius 1 is 1.33 bits per heavy atom. The molecule has 0 atom stereocenters. The van der Waals surface area contributed by atoms with E-state index in [-0.39, 0.29) is 11.3 Å². The number of carboxylic acids is 1. The minimum absolute atomic E-state index is 0.0378. The molecule has 1 aromatic carbocycles. The first-order valence-corrected chi connectivity index (χ1v) is 5.68. The highest BCUT2D eigenvalue weighted by molar-refractivity contribution is 5.94. The molecule has 0 fully saturated rings. The first kappa shape index (κ1) is 16.7. The quantitative estimate of drug-likeness (QED) is 0.732. The number of urea groups is 1. The summed E-state index contributed by atoms with van der Waals surface area (Å²) in [7, 11) is 0. The third-order valence-electron chi connectivity index (χ3n) is 2.53. The van der Waals surface area contributed by atoms with Crippen molar-refractivity contribution in [3.05, 3.63) is 29.3 Å². The topological polar surface area (TPSA) is 78.4 Å². The van der Waals surface area contributed by atoms with E-state index in [2.05, 4.69) is 5.32 Å². The lowest BCUT2D eigenvalue weighted by molar-refractivity contribution is -0.123. The van der Waals surface area contributed by atoms with E-state index in [0.29, 0.717) is 5.56 Å². The van der Waals surface area contributed by atoms with Gasteiger partial charge < -0.3 is 15.7 Å². The number of alkyl halides is 4. The van der Waals surface area contributed by atoms with Gasteiger partial charge in [-0.3, -0.25) is 0 Å². The Morgan fingerprint density at radius 3 is 2.48 bits per heavy atom. The molecule has 0 aromatic heterocycles. The molecular weight excluding hydrogens is 296 g/mol. The summed E-state index contributed by atoms with van der Waals surface area (Å²) < 4.78 is 49.0. The summed E-state index contributed by atoms with van der Waals surface area (Å²) in [5, 5.41) is 12.6. The van der Waals surface area contributed by atoms with Gasteiger partial charge in [0.25, 0.3) is 0 Å². The van der Waals surface area contributed by atoms with Crippen LogP contribution < -0.4 is 10.6 Å². The zero-order chi connectivity index (χ0) is 16.2. The molecule has 0 heterocycles. The molecule has 2 amide bonds. The van der Waals surface area contributed by atoms with Crippen molar-refractivity contribution in [1.29, 1.82) is 0 Å². The first-order chi connectivity index (χ1) is 9.63. The molecule has 0 saturated carbocycles. The molecule has 1 aromatic rings. The number of rotatable bonds is 5. The van der Waals surface area contributed by atoms with Crippen molar-refractivity contribution in [3.8, 4) is 0 Å². The van der Waals surface area contributed by atoms with Crippen LogP contribution in [0.1, 0.15) is 15.9 Å². The SMILES string of the molecule is Cc1ccc(NC(=O)NCC(F)(F)C(F)F)cc1C(=O)O. The van der Waals surface area contributed by atoms with Crippen LogP contribution in [0.2, 0.25) is 0 Å². The third kappa shape index (κ3) is 4.62. The summed E-state index contributed by atoms with van der Waals surface area (Å²) in [6.07, 6.45) is -3.89. The Balaban J connectivity index is 2.68. The van der Waals surface area contributed by atoms with Gasteiger partial charge in [-0.25, -0.2) is 18.4 Å². The molecule has 0 spiro atoms. The van der Waals surface area contributed by atoms with Crippen LogP contribution in [0.4, 0.5) is 28.0 Å². The van der Waals surface area contributed by atoms with Crippen molar-refractivity contribution in [2.24, 2.45) is 0 Å². The second-order valence-electron chi connectivity index (χ2n) is 4.20. The van der Waals surface area contributed by atoms with Gasteiger partial charge in [0, 0.05) is 5.69 Å². The second kappa shape index (κ2) is 6.42. The fourth-order valence-electron chi connectivity index (χ4n) is 1.38. The fraction of sp³-hybridized carbons (Fsp3) is 0.333. The number of carboxylic acid groups (broad SMARTS) is 1. The number of aromatic carboxylic acids is 1. The van der Waals surface area contributed by atoms with Gasteiger partial charge in [-0.15, -0.1) is 0 Å². The van der Waals surface area contributed by atoms with Crippen LogP contribution in [-0.4, -0.2) is 36.0 Å². The standard InChI is InChI=1S/C12H12F4N2O3/c1-6-2-3-7(4-8(6)9(19)20)18-11(21)17-5-12(15,16)10(13)14/h2-4,10H,5H2,1H3,(H,19,20)(H2,17,18,21). The van der Waals surface area contributed by atoms with Gasteiger partial charge in [0.2, 0.25) is 0 Å². The summed E-state index contributed by atoms with van der Waals surface area (Å²) in [5.41, 5.74) is 0.402. The molecule has 0 bridgehead atoms. The third-order valence-corrected chi connectivity index (χ3v) is 2.53. The second-order valence-corrected chi connectivity index (χ2v) is 4.20. The van der Waals surface area contributed by atoms with Crippen molar-refractivity contribution in [2.45, 2.75) is 19.3 Å². The van der Waals surface area contributed by atoms with Gasteiger partial charge in [-0.1, -0.05) is 6.07 Å². The molecule has 0 unspecified atom stereocenters. The first-order valence-electron chi connectivity index (χ1n) is 5.68. The number of hydrogen-bond acceptors (Lipinski definition) is 2. The Kier molecular flexibility index (Phi) is 5.12. The van der Waals surface area contributed by atoms with E-state index < -0.39 is 30.9 Å². The lowest BCUT2D eigenvalue weighted by Gasteiger charge is -2.16. The largest absolute Gasteiger partial charge is 0.478 e. The number of amides is 2. The van der Waals surface area contributed by atoms with Crippen molar-refractivity contribution in [3.63, 3.8) is 0 Å². The number of nitrogens with one attached hydrogen (secondary N) is 2. The van der Waals surface area contributed by atoms with E-state index in [9.17, 15) is 27.2 Å². The van der Waals surface area contributed by atoms with Crippen LogP contribution >= 0.6 is 0 Å². The normalized spacial score (nSPS) is 11.3. The summed E-state index contributed by atoms with van der Waals surface area (Å²) in [6.45, 7) is 0.00461. The average Bonchev–Trinajstić information content (AvgIpc) is 2.38. The number of hydrogen-bond donors (Lipinski definition) is 3. The number of benzene rings is 1. The fourth-order valence-corrected chi connectivity index (χ4v) is 1.38. The monoisotopic (exact) mass is 308 g/mol. The average molecular weight is 308 g/mol. The summed E-state index contributed by atoms with van der Waals surface area (Å²) in [6, 6.07) is 2.75. The summed E-state index contributed by atoms with van der Waals surface area (Å²) in [4.78, 5) is 22.2. The molecule has 9 heteroatoms. The van der Waals surface area contributed by atoms with E-state index in [0.717, 1.165) is 6.07 Å². The minimum atomic E-state index is -4.34. The molecule has 1 rings (SSSR count). The number of anilines is 1. The van der Waals surface area contributed by atoms with Crippen LogP contribution in [0.5, 0.6) is 0 Å². The van der Waals surface area contributed by atoms with Gasteiger partial charge in [-0.2, -0.15) is 8.78 Å². The van der Waals surface area contributed by atoms with Gasteiger partial charge in [-0.05, 0) is 24.6 Å². The Morgan fingerprint density at radius 2 is 1.95 bits per heavy atom. The van der Waals surface area contributed by atoms with Crippen molar-refractivity contribution >= 4 is 17.7 Å². The van der Waals surface area contributed by atoms with Crippen molar-refractivity contribution in [1.82, 2.24) is 5.32 Å². The highest BCUT2D eigenvalue weighted by Crippen LogP contribution is 2.21. The van der Waals surface area contributed by atoms with E-state index in [1.807, 2.05) is 0 Å². The van der Waals surface area contributed by atoms with Crippen LogP contribution in [0.25, 0.3) is 0 Å². The number of carbonyl (C=O) groups excluding carboxylic acids is 1. The lowest BCUT2D eigenvalue weighted by atomic mass is 10.1. The molecule has 116 valence electrons. The van der Waals surface area contributed by atoms with Crippen molar-refractivity contribution < 1.29 is 32.3 Å². The highest BCUT2D eigenvalue weighted by atomic mass is 19.3. The zero-order valence-corrected chi connectivity index (χ0v) is 10.8. The number of aryl methyl sites for hydroxylation is 1. The molecule has 21 heavy (non-hydrogen) atoms. The van der Waals surface area contributed by atoms with Crippen LogP contribution in [0.3, 0.4) is 0 Å². The minimum Gasteiger partial charge on any atom is -0.478 e. The van der Waals surface area contributed by atoms with Crippen LogP contribution in [0.15, 0.2) is 18.2 Å².